The Bertz CT molecular complexity index is 598. The molecule has 7 heteroatoms. The summed E-state index contributed by atoms with van der Waals surface area (Å²) in [5.41, 5.74) is 0.942. The van der Waals surface area contributed by atoms with Crippen LogP contribution in [0.5, 0.6) is 0 Å². The molecule has 0 aliphatic heterocycles. The molecule has 0 aliphatic carbocycles. The van der Waals surface area contributed by atoms with Crippen molar-refractivity contribution >= 4 is 5.69 Å². The van der Waals surface area contributed by atoms with E-state index in [0.29, 0.717) is 17.9 Å². The first-order valence-corrected chi connectivity index (χ1v) is 5.62. The highest BCUT2D eigenvalue weighted by atomic mass is 19.1. The van der Waals surface area contributed by atoms with Gasteiger partial charge in [0.05, 0.1) is 17.2 Å². The number of nitro groups is 1. The van der Waals surface area contributed by atoms with Crippen LogP contribution >= 0.6 is 0 Å². The van der Waals surface area contributed by atoms with Gasteiger partial charge in [-0.1, -0.05) is 5.16 Å². The first kappa shape index (κ1) is 13.2. The van der Waals surface area contributed by atoms with Crippen molar-refractivity contribution in [2.24, 2.45) is 0 Å². The second-order valence-electron chi connectivity index (χ2n) is 4.07. The highest BCUT2D eigenvalue weighted by molar-refractivity contribution is 5.40. The number of nitro benzene ring substituents is 1. The summed E-state index contributed by atoms with van der Waals surface area (Å²) in [5.74, 6) is 0.120. The van der Waals surface area contributed by atoms with Crippen molar-refractivity contribution in [1.82, 2.24) is 10.5 Å². The number of aryl methyl sites for hydroxylation is 1. The van der Waals surface area contributed by atoms with Crippen LogP contribution in [0.2, 0.25) is 0 Å². The summed E-state index contributed by atoms with van der Waals surface area (Å²) >= 11 is 0. The minimum Gasteiger partial charge on any atom is -0.360 e. The van der Waals surface area contributed by atoms with Gasteiger partial charge in [0.25, 0.3) is 5.69 Å². The Morgan fingerprint density at radius 1 is 1.42 bits per heavy atom. The van der Waals surface area contributed by atoms with E-state index in [-0.39, 0.29) is 12.2 Å². The van der Waals surface area contributed by atoms with E-state index in [1.807, 2.05) is 0 Å². The maximum absolute atomic E-state index is 13.1. The second kappa shape index (κ2) is 5.57. The van der Waals surface area contributed by atoms with E-state index in [0.717, 1.165) is 23.9 Å². The zero-order valence-electron chi connectivity index (χ0n) is 10.2. The van der Waals surface area contributed by atoms with Crippen LogP contribution in [0, 0.1) is 22.9 Å². The van der Waals surface area contributed by atoms with E-state index in [9.17, 15) is 14.5 Å². The fourth-order valence-electron chi connectivity index (χ4n) is 1.69. The Hall–Kier alpha value is -2.28. The van der Waals surface area contributed by atoms with Crippen LogP contribution in [0.15, 0.2) is 28.8 Å². The predicted molar refractivity (Wildman–Crippen MR) is 64.8 cm³/mol. The molecule has 0 amide bonds. The van der Waals surface area contributed by atoms with Gasteiger partial charge in [-0.2, -0.15) is 0 Å². The fraction of sp³-hybridized carbons (Fsp3) is 0.250. The lowest BCUT2D eigenvalue weighted by Crippen LogP contribution is -2.13. The van der Waals surface area contributed by atoms with E-state index < -0.39 is 10.7 Å². The SMILES string of the molecule is Cc1cc(CNCc2cc(F)ccc2[N+](=O)[O-])on1. The van der Waals surface area contributed by atoms with Gasteiger partial charge in [0, 0.05) is 24.2 Å². The topological polar surface area (TPSA) is 81.2 Å². The first-order chi connectivity index (χ1) is 9.06. The van der Waals surface area contributed by atoms with E-state index in [2.05, 4.69) is 10.5 Å². The molecule has 0 radical (unpaired) electrons. The first-order valence-electron chi connectivity index (χ1n) is 5.62. The molecule has 1 heterocycles. The molecule has 0 saturated carbocycles. The number of nitrogens with zero attached hydrogens (tertiary/aromatic N) is 2. The van der Waals surface area contributed by atoms with Crippen LogP contribution < -0.4 is 5.32 Å². The number of benzene rings is 1. The third-order valence-electron chi connectivity index (χ3n) is 2.53. The van der Waals surface area contributed by atoms with Crippen molar-refractivity contribution in [3.8, 4) is 0 Å². The molecule has 0 saturated heterocycles. The van der Waals surface area contributed by atoms with Gasteiger partial charge in [0.1, 0.15) is 5.82 Å². The average Bonchev–Trinajstić information content (AvgIpc) is 2.75. The number of nitrogens with one attached hydrogen (secondary N) is 1. The number of hydrogen-bond acceptors (Lipinski definition) is 5. The summed E-state index contributed by atoms with van der Waals surface area (Å²) in [4.78, 5) is 10.3. The van der Waals surface area contributed by atoms with Crippen molar-refractivity contribution in [3.63, 3.8) is 0 Å². The third-order valence-corrected chi connectivity index (χ3v) is 2.53. The summed E-state index contributed by atoms with van der Waals surface area (Å²) in [5, 5.41) is 17.5. The maximum Gasteiger partial charge on any atom is 0.274 e. The van der Waals surface area contributed by atoms with Gasteiger partial charge >= 0.3 is 0 Å². The lowest BCUT2D eigenvalue weighted by molar-refractivity contribution is -0.385. The number of rotatable bonds is 5. The Balaban J connectivity index is 2.02. The normalized spacial score (nSPS) is 10.6. The average molecular weight is 265 g/mol. The van der Waals surface area contributed by atoms with Gasteiger partial charge in [-0.25, -0.2) is 4.39 Å². The Morgan fingerprint density at radius 3 is 2.84 bits per heavy atom. The molecular weight excluding hydrogens is 253 g/mol. The van der Waals surface area contributed by atoms with Gasteiger partial charge in [-0.05, 0) is 19.1 Å². The van der Waals surface area contributed by atoms with E-state index in [4.69, 9.17) is 4.52 Å². The second-order valence-corrected chi connectivity index (χ2v) is 4.07. The van der Waals surface area contributed by atoms with Crippen molar-refractivity contribution in [2.75, 3.05) is 0 Å². The van der Waals surface area contributed by atoms with Crippen LogP contribution in [0.4, 0.5) is 10.1 Å². The quantitative estimate of drug-likeness (QED) is 0.662. The Kier molecular flexibility index (Phi) is 3.86. The van der Waals surface area contributed by atoms with Crippen molar-refractivity contribution in [2.45, 2.75) is 20.0 Å². The molecular formula is C12H12FN3O3. The molecule has 0 aliphatic rings. The Morgan fingerprint density at radius 2 is 2.21 bits per heavy atom. The fourth-order valence-corrected chi connectivity index (χ4v) is 1.69. The van der Waals surface area contributed by atoms with Gasteiger partial charge < -0.3 is 9.84 Å². The summed E-state index contributed by atoms with van der Waals surface area (Å²) in [6.07, 6.45) is 0. The molecule has 0 spiro atoms. The Labute approximate surface area is 108 Å². The molecule has 6 nitrogen and oxygen atoms in total. The zero-order chi connectivity index (χ0) is 13.8. The number of hydrogen-bond donors (Lipinski definition) is 1. The zero-order valence-corrected chi connectivity index (χ0v) is 10.2. The van der Waals surface area contributed by atoms with Crippen LogP contribution in [-0.4, -0.2) is 10.1 Å². The van der Waals surface area contributed by atoms with Crippen molar-refractivity contribution < 1.29 is 13.8 Å². The summed E-state index contributed by atoms with van der Waals surface area (Å²) in [7, 11) is 0. The largest absolute Gasteiger partial charge is 0.360 e. The molecule has 0 fully saturated rings. The number of halogens is 1. The van der Waals surface area contributed by atoms with Crippen molar-refractivity contribution in [3.05, 3.63) is 57.2 Å². The van der Waals surface area contributed by atoms with Gasteiger partial charge in [-0.3, -0.25) is 10.1 Å². The molecule has 0 bridgehead atoms. The molecule has 0 atom stereocenters. The number of aromatic nitrogens is 1. The minimum atomic E-state index is -0.533. The van der Waals surface area contributed by atoms with Crippen LogP contribution in [-0.2, 0) is 13.1 Å². The molecule has 100 valence electrons. The van der Waals surface area contributed by atoms with Crippen LogP contribution in [0.3, 0.4) is 0 Å². The van der Waals surface area contributed by atoms with Crippen molar-refractivity contribution in [1.29, 1.82) is 0 Å². The summed E-state index contributed by atoms with van der Waals surface area (Å²) < 4.78 is 18.1. The van der Waals surface area contributed by atoms with Crippen LogP contribution in [0.1, 0.15) is 17.0 Å². The van der Waals surface area contributed by atoms with Gasteiger partial charge in [0.15, 0.2) is 5.76 Å². The third kappa shape index (κ3) is 3.35. The maximum atomic E-state index is 13.1. The highest BCUT2D eigenvalue weighted by Crippen LogP contribution is 2.19. The highest BCUT2D eigenvalue weighted by Gasteiger charge is 2.14. The predicted octanol–water partition coefficient (Wildman–Crippen LogP) is 2.32. The monoisotopic (exact) mass is 265 g/mol. The minimum absolute atomic E-state index is 0.109. The lowest BCUT2D eigenvalue weighted by Gasteiger charge is -2.04. The van der Waals surface area contributed by atoms with Gasteiger partial charge in [-0.15, -0.1) is 0 Å². The summed E-state index contributed by atoms with van der Waals surface area (Å²) in [6.45, 7) is 2.34. The molecule has 0 unspecified atom stereocenters. The van der Waals surface area contributed by atoms with Gasteiger partial charge in [0.2, 0.25) is 0 Å². The molecule has 1 aromatic carbocycles. The lowest BCUT2D eigenvalue weighted by atomic mass is 10.1. The molecule has 19 heavy (non-hydrogen) atoms. The van der Waals surface area contributed by atoms with E-state index in [1.165, 1.54) is 0 Å². The smallest absolute Gasteiger partial charge is 0.274 e. The standard InChI is InChI=1S/C12H12FN3O3/c1-8-4-11(19-15-8)7-14-6-9-5-10(13)2-3-12(9)16(17)18/h2-5,14H,6-7H2,1H3. The van der Waals surface area contributed by atoms with E-state index >= 15 is 0 Å². The molecule has 2 rings (SSSR count). The molecule has 1 aromatic heterocycles. The van der Waals surface area contributed by atoms with Crippen LogP contribution in [0.25, 0.3) is 0 Å². The summed E-state index contributed by atoms with van der Waals surface area (Å²) in [6, 6.07) is 5.14. The molecule has 2 aromatic rings. The molecule has 1 N–H and O–H groups in total. The van der Waals surface area contributed by atoms with E-state index in [1.54, 1.807) is 13.0 Å².